The Labute approximate surface area is 153 Å². The average Bonchev–Trinajstić information content (AvgIpc) is 2.61. The molecule has 24 heavy (non-hydrogen) atoms. The van der Waals surface area contributed by atoms with Gasteiger partial charge in [-0.3, -0.25) is 4.79 Å². The molecule has 0 aromatic heterocycles. The highest BCUT2D eigenvalue weighted by molar-refractivity contribution is 7.99. The molecule has 128 valence electrons. The Bertz CT molecular complexity index is 631. The molecule has 1 atom stereocenters. The standard InChI is InChI=1S/C20H25NOS2/c1-16-8-6-7-11-19(16)15-23-13-12-21-20(22)17(2)24-14-18-9-4-3-5-10-18/h3-11,17H,12-15H2,1-2H3,(H,21,22)/t17-/m0/s1. The molecular weight excluding hydrogens is 334 g/mol. The van der Waals surface area contributed by atoms with Gasteiger partial charge in [0.1, 0.15) is 0 Å². The van der Waals surface area contributed by atoms with Gasteiger partial charge in [-0.1, -0.05) is 54.6 Å². The third-order valence-corrected chi connectivity index (χ3v) is 6.00. The lowest BCUT2D eigenvalue weighted by Crippen LogP contribution is -2.32. The van der Waals surface area contributed by atoms with Gasteiger partial charge in [-0.05, 0) is 30.5 Å². The molecule has 0 fully saturated rings. The summed E-state index contributed by atoms with van der Waals surface area (Å²) in [5.41, 5.74) is 3.97. The van der Waals surface area contributed by atoms with Crippen molar-refractivity contribution in [2.24, 2.45) is 0 Å². The number of carbonyl (C=O) groups excluding carboxylic acids is 1. The number of rotatable bonds is 9. The molecule has 2 rings (SSSR count). The van der Waals surface area contributed by atoms with Crippen LogP contribution in [0.1, 0.15) is 23.6 Å². The number of carbonyl (C=O) groups is 1. The Morgan fingerprint density at radius 2 is 1.75 bits per heavy atom. The number of thioether (sulfide) groups is 2. The number of nitrogens with one attached hydrogen (secondary N) is 1. The van der Waals surface area contributed by atoms with Crippen LogP contribution in [0.2, 0.25) is 0 Å². The Balaban J connectivity index is 1.59. The van der Waals surface area contributed by atoms with Gasteiger partial charge in [0.05, 0.1) is 5.25 Å². The van der Waals surface area contributed by atoms with Gasteiger partial charge < -0.3 is 5.32 Å². The summed E-state index contributed by atoms with van der Waals surface area (Å²) in [6.07, 6.45) is 0. The van der Waals surface area contributed by atoms with E-state index >= 15 is 0 Å². The van der Waals surface area contributed by atoms with E-state index in [2.05, 4.69) is 48.6 Å². The molecule has 0 aliphatic carbocycles. The molecular formula is C20H25NOS2. The monoisotopic (exact) mass is 359 g/mol. The van der Waals surface area contributed by atoms with Crippen LogP contribution in [-0.2, 0) is 16.3 Å². The predicted octanol–water partition coefficient (Wildman–Crippen LogP) is 4.67. The summed E-state index contributed by atoms with van der Waals surface area (Å²) in [4.78, 5) is 12.1. The van der Waals surface area contributed by atoms with E-state index < -0.39 is 0 Å². The third kappa shape index (κ3) is 6.62. The zero-order valence-corrected chi connectivity index (χ0v) is 16.0. The Morgan fingerprint density at radius 3 is 2.50 bits per heavy atom. The van der Waals surface area contributed by atoms with Crippen molar-refractivity contribution in [3.05, 3.63) is 71.3 Å². The molecule has 4 heteroatoms. The normalized spacial score (nSPS) is 11.9. The van der Waals surface area contributed by atoms with Crippen molar-refractivity contribution in [3.63, 3.8) is 0 Å². The fraction of sp³-hybridized carbons (Fsp3) is 0.350. The molecule has 0 saturated heterocycles. The van der Waals surface area contributed by atoms with Gasteiger partial charge in [0.25, 0.3) is 0 Å². The average molecular weight is 360 g/mol. The van der Waals surface area contributed by atoms with Crippen LogP contribution < -0.4 is 5.32 Å². The lowest BCUT2D eigenvalue weighted by Gasteiger charge is -2.12. The first-order valence-corrected chi connectivity index (χ1v) is 10.4. The van der Waals surface area contributed by atoms with Crippen LogP contribution in [-0.4, -0.2) is 23.5 Å². The topological polar surface area (TPSA) is 29.1 Å². The van der Waals surface area contributed by atoms with Gasteiger partial charge in [0, 0.05) is 23.8 Å². The molecule has 2 aromatic rings. The maximum Gasteiger partial charge on any atom is 0.232 e. The van der Waals surface area contributed by atoms with Gasteiger partial charge >= 0.3 is 0 Å². The lowest BCUT2D eigenvalue weighted by molar-refractivity contribution is -0.120. The minimum Gasteiger partial charge on any atom is -0.354 e. The van der Waals surface area contributed by atoms with Crippen LogP contribution >= 0.6 is 23.5 Å². The molecule has 0 heterocycles. The van der Waals surface area contributed by atoms with E-state index in [1.165, 1.54) is 16.7 Å². The molecule has 0 unspecified atom stereocenters. The molecule has 0 bridgehead atoms. The first-order chi connectivity index (χ1) is 11.7. The summed E-state index contributed by atoms with van der Waals surface area (Å²) >= 11 is 3.54. The fourth-order valence-electron chi connectivity index (χ4n) is 2.22. The first kappa shape index (κ1) is 18.9. The Kier molecular flexibility index (Phi) is 8.26. The minimum absolute atomic E-state index is 0.0217. The SMILES string of the molecule is Cc1ccccc1CSCCNC(=O)[C@H](C)SCc1ccccc1. The molecule has 0 aliphatic heterocycles. The second-order valence-corrected chi connectivity index (χ2v) is 8.14. The molecule has 1 amide bonds. The highest BCUT2D eigenvalue weighted by Crippen LogP contribution is 2.18. The highest BCUT2D eigenvalue weighted by Gasteiger charge is 2.12. The van der Waals surface area contributed by atoms with E-state index in [4.69, 9.17) is 0 Å². The first-order valence-electron chi connectivity index (χ1n) is 8.22. The van der Waals surface area contributed by atoms with Crippen LogP contribution in [0.25, 0.3) is 0 Å². The number of amides is 1. The molecule has 2 aromatic carbocycles. The summed E-state index contributed by atoms with van der Waals surface area (Å²) < 4.78 is 0. The maximum atomic E-state index is 12.1. The van der Waals surface area contributed by atoms with Crippen LogP contribution in [0.4, 0.5) is 0 Å². The van der Waals surface area contributed by atoms with E-state index in [1.807, 2.05) is 36.9 Å². The van der Waals surface area contributed by atoms with Crippen molar-refractivity contribution in [3.8, 4) is 0 Å². The number of aryl methyl sites for hydroxylation is 1. The summed E-state index contributed by atoms with van der Waals surface area (Å²) in [5, 5.41) is 3.02. The molecule has 1 N–H and O–H groups in total. The van der Waals surface area contributed by atoms with Crippen LogP contribution in [0.3, 0.4) is 0 Å². The third-order valence-electron chi connectivity index (χ3n) is 3.78. The van der Waals surface area contributed by atoms with E-state index in [9.17, 15) is 4.79 Å². The largest absolute Gasteiger partial charge is 0.354 e. The van der Waals surface area contributed by atoms with Gasteiger partial charge in [0.15, 0.2) is 0 Å². The van der Waals surface area contributed by atoms with Crippen molar-refractivity contribution in [2.45, 2.75) is 30.6 Å². The van der Waals surface area contributed by atoms with E-state index in [1.54, 1.807) is 11.8 Å². The number of hydrogen-bond acceptors (Lipinski definition) is 3. The van der Waals surface area contributed by atoms with Crippen molar-refractivity contribution in [1.82, 2.24) is 5.32 Å². The molecule has 2 nitrogen and oxygen atoms in total. The van der Waals surface area contributed by atoms with Gasteiger partial charge in [-0.15, -0.1) is 11.8 Å². The van der Waals surface area contributed by atoms with Crippen molar-refractivity contribution >= 4 is 29.4 Å². The molecule has 0 saturated carbocycles. The number of benzene rings is 2. The summed E-state index contributed by atoms with van der Waals surface area (Å²) in [6, 6.07) is 18.7. The van der Waals surface area contributed by atoms with Gasteiger partial charge in [-0.25, -0.2) is 0 Å². The maximum absolute atomic E-state index is 12.1. The van der Waals surface area contributed by atoms with Crippen LogP contribution in [0.15, 0.2) is 54.6 Å². The summed E-state index contributed by atoms with van der Waals surface area (Å²) in [5.74, 6) is 2.95. The lowest BCUT2D eigenvalue weighted by atomic mass is 10.1. The van der Waals surface area contributed by atoms with Crippen molar-refractivity contribution in [2.75, 3.05) is 12.3 Å². The second kappa shape index (κ2) is 10.5. The zero-order valence-electron chi connectivity index (χ0n) is 14.3. The smallest absolute Gasteiger partial charge is 0.232 e. The Hall–Kier alpha value is -1.39. The van der Waals surface area contributed by atoms with E-state index in [0.717, 1.165) is 23.8 Å². The fourth-order valence-corrected chi connectivity index (χ4v) is 4.02. The molecule has 0 spiro atoms. The highest BCUT2D eigenvalue weighted by atomic mass is 32.2. The minimum atomic E-state index is -0.0217. The quantitative estimate of drug-likeness (QED) is 0.660. The summed E-state index contributed by atoms with van der Waals surface area (Å²) in [7, 11) is 0. The summed E-state index contributed by atoms with van der Waals surface area (Å²) in [6.45, 7) is 4.85. The van der Waals surface area contributed by atoms with Gasteiger partial charge in [0.2, 0.25) is 5.91 Å². The second-order valence-electron chi connectivity index (χ2n) is 5.71. The molecule has 0 aliphatic rings. The number of hydrogen-bond donors (Lipinski definition) is 1. The molecule has 0 radical (unpaired) electrons. The van der Waals surface area contributed by atoms with E-state index in [-0.39, 0.29) is 11.2 Å². The van der Waals surface area contributed by atoms with Gasteiger partial charge in [-0.2, -0.15) is 11.8 Å². The van der Waals surface area contributed by atoms with Crippen LogP contribution in [0.5, 0.6) is 0 Å². The van der Waals surface area contributed by atoms with E-state index in [0.29, 0.717) is 0 Å². The predicted molar refractivity (Wildman–Crippen MR) is 108 cm³/mol. The van der Waals surface area contributed by atoms with Crippen LogP contribution in [0, 0.1) is 6.92 Å². The Morgan fingerprint density at radius 1 is 1.04 bits per heavy atom. The zero-order chi connectivity index (χ0) is 17.2. The van der Waals surface area contributed by atoms with Crippen molar-refractivity contribution in [1.29, 1.82) is 0 Å². The van der Waals surface area contributed by atoms with Crippen molar-refractivity contribution < 1.29 is 4.79 Å².